The number of carboxylic acids is 1. The summed E-state index contributed by atoms with van der Waals surface area (Å²) in [5.74, 6) is -1.82. The molecule has 1 amide bonds. The Hall–Kier alpha value is -1.36. The number of aliphatic carboxylic acids is 1. The second kappa shape index (κ2) is 4.96. The van der Waals surface area contributed by atoms with Gasteiger partial charge in [0.1, 0.15) is 0 Å². The molecule has 19 heavy (non-hydrogen) atoms. The molecule has 2 fully saturated rings. The van der Waals surface area contributed by atoms with Crippen LogP contribution in [0.25, 0.3) is 0 Å². The molecular formula is C14H19NO4. The average molecular weight is 265 g/mol. The summed E-state index contributed by atoms with van der Waals surface area (Å²) in [5, 5.41) is 12.2. The SMILES string of the molecule is O=C(O)C1C(C(=O)NCC2CCCO2)[C@H]2C=C[C@@H]1C2. The highest BCUT2D eigenvalue weighted by molar-refractivity contribution is 5.86. The largest absolute Gasteiger partial charge is 0.481 e. The van der Waals surface area contributed by atoms with E-state index in [9.17, 15) is 14.7 Å². The van der Waals surface area contributed by atoms with E-state index in [-0.39, 0.29) is 23.8 Å². The summed E-state index contributed by atoms with van der Waals surface area (Å²) in [5.41, 5.74) is 0. The molecule has 3 unspecified atom stereocenters. The molecule has 5 nitrogen and oxygen atoms in total. The number of rotatable bonds is 4. The van der Waals surface area contributed by atoms with Crippen LogP contribution in [0.2, 0.25) is 0 Å². The van der Waals surface area contributed by atoms with Crippen molar-refractivity contribution in [2.45, 2.75) is 25.4 Å². The van der Waals surface area contributed by atoms with Gasteiger partial charge >= 0.3 is 5.97 Å². The van der Waals surface area contributed by atoms with Gasteiger partial charge in [-0.2, -0.15) is 0 Å². The van der Waals surface area contributed by atoms with E-state index >= 15 is 0 Å². The summed E-state index contributed by atoms with van der Waals surface area (Å²) < 4.78 is 5.46. The van der Waals surface area contributed by atoms with Gasteiger partial charge in [-0.25, -0.2) is 0 Å². The first-order valence-corrected chi connectivity index (χ1v) is 6.97. The molecule has 3 rings (SSSR count). The van der Waals surface area contributed by atoms with Gasteiger partial charge in [-0.15, -0.1) is 0 Å². The van der Waals surface area contributed by atoms with Crippen molar-refractivity contribution in [1.29, 1.82) is 0 Å². The third kappa shape index (κ3) is 2.27. The summed E-state index contributed by atoms with van der Waals surface area (Å²) >= 11 is 0. The Labute approximate surface area is 112 Å². The van der Waals surface area contributed by atoms with Crippen molar-refractivity contribution in [1.82, 2.24) is 5.32 Å². The molecule has 0 spiro atoms. The van der Waals surface area contributed by atoms with E-state index in [1.807, 2.05) is 12.2 Å². The highest BCUT2D eigenvalue weighted by Crippen LogP contribution is 2.48. The Morgan fingerprint density at radius 1 is 1.26 bits per heavy atom. The minimum absolute atomic E-state index is 0.0287. The molecule has 5 heteroatoms. The van der Waals surface area contributed by atoms with Crippen LogP contribution in [0.3, 0.4) is 0 Å². The fourth-order valence-electron chi connectivity index (χ4n) is 3.65. The highest BCUT2D eigenvalue weighted by atomic mass is 16.5. The Kier molecular flexibility index (Phi) is 3.31. The predicted octanol–water partition coefficient (Wildman–Crippen LogP) is 0.804. The van der Waals surface area contributed by atoms with Gasteiger partial charge in [-0.1, -0.05) is 12.2 Å². The molecule has 0 radical (unpaired) electrons. The van der Waals surface area contributed by atoms with Crippen LogP contribution in [0.4, 0.5) is 0 Å². The molecule has 1 saturated carbocycles. The van der Waals surface area contributed by atoms with Crippen molar-refractivity contribution in [2.75, 3.05) is 13.2 Å². The molecule has 2 bridgehead atoms. The molecule has 0 aromatic heterocycles. The summed E-state index contributed by atoms with van der Waals surface area (Å²) in [6.07, 6.45) is 6.86. The molecule has 5 atom stereocenters. The predicted molar refractivity (Wildman–Crippen MR) is 67.3 cm³/mol. The minimum Gasteiger partial charge on any atom is -0.481 e. The van der Waals surface area contributed by atoms with Gasteiger partial charge in [0.25, 0.3) is 0 Å². The lowest BCUT2D eigenvalue weighted by molar-refractivity contribution is -0.147. The summed E-state index contributed by atoms with van der Waals surface area (Å²) in [7, 11) is 0. The molecule has 2 aliphatic carbocycles. The van der Waals surface area contributed by atoms with E-state index in [1.165, 1.54) is 0 Å². The second-order valence-corrected chi connectivity index (χ2v) is 5.72. The number of carboxylic acid groups (broad SMARTS) is 1. The van der Waals surface area contributed by atoms with Crippen LogP contribution in [-0.4, -0.2) is 36.2 Å². The smallest absolute Gasteiger partial charge is 0.307 e. The molecule has 1 heterocycles. The number of hydrogen-bond acceptors (Lipinski definition) is 3. The highest BCUT2D eigenvalue weighted by Gasteiger charge is 2.51. The number of fused-ring (bicyclic) bond motifs is 2. The van der Waals surface area contributed by atoms with Gasteiger partial charge in [-0.05, 0) is 31.1 Å². The van der Waals surface area contributed by atoms with E-state index in [0.29, 0.717) is 6.54 Å². The quantitative estimate of drug-likeness (QED) is 0.737. The van der Waals surface area contributed by atoms with Crippen LogP contribution >= 0.6 is 0 Å². The topological polar surface area (TPSA) is 75.6 Å². The van der Waals surface area contributed by atoms with Crippen LogP contribution < -0.4 is 5.32 Å². The molecule has 1 aliphatic heterocycles. The first kappa shape index (κ1) is 12.7. The maximum atomic E-state index is 12.2. The number of allylic oxidation sites excluding steroid dienone is 2. The zero-order valence-electron chi connectivity index (χ0n) is 10.7. The third-order valence-electron chi connectivity index (χ3n) is 4.58. The van der Waals surface area contributed by atoms with Crippen LogP contribution in [0.1, 0.15) is 19.3 Å². The summed E-state index contributed by atoms with van der Waals surface area (Å²) in [4.78, 5) is 23.6. The van der Waals surface area contributed by atoms with E-state index in [1.54, 1.807) is 0 Å². The lowest BCUT2D eigenvalue weighted by Gasteiger charge is -2.24. The summed E-state index contributed by atoms with van der Waals surface area (Å²) in [6, 6.07) is 0. The Morgan fingerprint density at radius 3 is 2.63 bits per heavy atom. The Bertz CT molecular complexity index is 414. The maximum absolute atomic E-state index is 12.2. The van der Waals surface area contributed by atoms with Crippen molar-refractivity contribution in [2.24, 2.45) is 23.7 Å². The number of nitrogens with one attached hydrogen (secondary N) is 1. The first-order chi connectivity index (χ1) is 9.16. The number of hydrogen-bond donors (Lipinski definition) is 2. The molecule has 104 valence electrons. The van der Waals surface area contributed by atoms with Gasteiger partial charge in [0.15, 0.2) is 0 Å². The fraction of sp³-hybridized carbons (Fsp3) is 0.714. The summed E-state index contributed by atoms with van der Waals surface area (Å²) in [6.45, 7) is 1.26. The van der Waals surface area contributed by atoms with E-state index < -0.39 is 17.8 Å². The number of carbonyl (C=O) groups is 2. The monoisotopic (exact) mass is 265 g/mol. The van der Waals surface area contributed by atoms with Crippen LogP contribution in [-0.2, 0) is 14.3 Å². The van der Waals surface area contributed by atoms with Crippen molar-refractivity contribution >= 4 is 11.9 Å². The first-order valence-electron chi connectivity index (χ1n) is 6.97. The Balaban J connectivity index is 1.62. The van der Waals surface area contributed by atoms with E-state index in [4.69, 9.17) is 4.74 Å². The molecule has 0 aromatic carbocycles. The van der Waals surface area contributed by atoms with Gasteiger partial charge in [-0.3, -0.25) is 9.59 Å². The molecular weight excluding hydrogens is 246 g/mol. The maximum Gasteiger partial charge on any atom is 0.307 e. The van der Waals surface area contributed by atoms with Crippen molar-refractivity contribution in [3.8, 4) is 0 Å². The minimum atomic E-state index is -0.853. The molecule has 1 saturated heterocycles. The lowest BCUT2D eigenvalue weighted by atomic mass is 9.82. The molecule has 3 aliphatic rings. The molecule has 2 N–H and O–H groups in total. The van der Waals surface area contributed by atoms with Crippen LogP contribution in [0, 0.1) is 23.7 Å². The van der Waals surface area contributed by atoms with Gasteiger partial charge in [0.05, 0.1) is 17.9 Å². The van der Waals surface area contributed by atoms with E-state index in [2.05, 4.69) is 5.32 Å². The van der Waals surface area contributed by atoms with Crippen molar-refractivity contribution < 1.29 is 19.4 Å². The number of amides is 1. The average Bonchev–Trinajstić information content (AvgIpc) is 3.10. The van der Waals surface area contributed by atoms with Crippen molar-refractivity contribution in [3.63, 3.8) is 0 Å². The fourth-order valence-corrected chi connectivity index (χ4v) is 3.65. The lowest BCUT2D eigenvalue weighted by Crippen LogP contribution is -2.42. The van der Waals surface area contributed by atoms with Gasteiger partial charge < -0.3 is 15.2 Å². The zero-order chi connectivity index (χ0) is 13.4. The zero-order valence-corrected chi connectivity index (χ0v) is 10.7. The van der Waals surface area contributed by atoms with Gasteiger partial charge in [0.2, 0.25) is 5.91 Å². The molecule has 0 aromatic rings. The van der Waals surface area contributed by atoms with Crippen LogP contribution in [0.15, 0.2) is 12.2 Å². The third-order valence-corrected chi connectivity index (χ3v) is 4.58. The van der Waals surface area contributed by atoms with Crippen LogP contribution in [0.5, 0.6) is 0 Å². The Morgan fingerprint density at radius 2 is 2.00 bits per heavy atom. The number of ether oxygens (including phenoxy) is 1. The normalized spacial score (nSPS) is 39.7. The van der Waals surface area contributed by atoms with E-state index in [0.717, 1.165) is 25.9 Å². The van der Waals surface area contributed by atoms with Crippen molar-refractivity contribution in [3.05, 3.63) is 12.2 Å². The standard InChI is InChI=1S/C14H19NO4/c16-13(15-7-10-2-1-5-19-10)11-8-3-4-9(6-8)12(11)14(17)18/h3-4,8-12H,1-2,5-7H2,(H,15,16)(H,17,18)/t8-,9+,10?,11?,12?/m0/s1. The number of carbonyl (C=O) groups excluding carboxylic acids is 1. The second-order valence-electron chi connectivity index (χ2n) is 5.72. The van der Waals surface area contributed by atoms with Gasteiger partial charge in [0, 0.05) is 13.2 Å².